The third-order valence-corrected chi connectivity index (χ3v) is 5.86. The Morgan fingerprint density at radius 1 is 1.15 bits per heavy atom. The van der Waals surface area contributed by atoms with Gasteiger partial charge in [0.2, 0.25) is 11.8 Å². The number of hydrogen-bond donors (Lipinski definition) is 0. The van der Waals surface area contributed by atoms with Crippen LogP contribution in [0.15, 0.2) is 24.3 Å². The fourth-order valence-corrected chi connectivity index (χ4v) is 3.98. The van der Waals surface area contributed by atoms with Crippen LogP contribution in [0, 0.1) is 12.8 Å². The average molecular weight is 357 g/mol. The number of piperazine rings is 1. The molecule has 26 heavy (non-hydrogen) atoms. The van der Waals surface area contributed by atoms with Crippen molar-refractivity contribution in [3.05, 3.63) is 29.8 Å². The summed E-state index contributed by atoms with van der Waals surface area (Å²) in [4.78, 5) is 31.2. The minimum atomic E-state index is 0.0135. The highest BCUT2D eigenvalue weighted by atomic mass is 16.2. The van der Waals surface area contributed by atoms with Crippen LogP contribution in [-0.4, -0.2) is 60.9 Å². The number of likely N-dealkylation sites (tertiary alicyclic amines) is 1. The first-order chi connectivity index (χ1) is 12.4. The van der Waals surface area contributed by atoms with Crippen LogP contribution in [0.1, 0.15) is 38.2 Å². The van der Waals surface area contributed by atoms with Gasteiger partial charge in [-0.3, -0.25) is 9.59 Å². The smallest absolute Gasteiger partial charge is 0.246 e. The Bertz CT molecular complexity index is 635. The second kappa shape index (κ2) is 8.21. The van der Waals surface area contributed by atoms with E-state index in [1.807, 2.05) is 43.0 Å². The number of nitrogens with zero attached hydrogens (tertiary/aromatic N) is 3. The summed E-state index contributed by atoms with van der Waals surface area (Å²) in [6.07, 6.45) is 3.88. The first-order valence-electron chi connectivity index (χ1n) is 9.79. The summed E-state index contributed by atoms with van der Waals surface area (Å²) in [7, 11) is 2.15. The van der Waals surface area contributed by atoms with Gasteiger partial charge >= 0.3 is 0 Å². The molecule has 0 spiro atoms. The molecule has 142 valence electrons. The van der Waals surface area contributed by atoms with Crippen molar-refractivity contribution in [2.75, 3.05) is 38.1 Å². The van der Waals surface area contributed by atoms with Crippen LogP contribution in [-0.2, 0) is 9.59 Å². The molecule has 2 saturated heterocycles. The molecular formula is C21H31N3O2. The molecule has 3 rings (SSSR count). The number of amides is 2. The SMILES string of the molecule is Cc1ccc(N2CC(C)N(C(=O)CCC3CCN(C)CC3)CC2=O)cc1. The van der Waals surface area contributed by atoms with Crippen LogP contribution >= 0.6 is 0 Å². The summed E-state index contributed by atoms with van der Waals surface area (Å²) >= 11 is 0. The number of anilines is 1. The van der Waals surface area contributed by atoms with E-state index in [-0.39, 0.29) is 24.4 Å². The summed E-state index contributed by atoms with van der Waals surface area (Å²) in [5.74, 6) is 0.794. The molecule has 2 aliphatic rings. The van der Waals surface area contributed by atoms with Crippen molar-refractivity contribution in [3.8, 4) is 0 Å². The molecule has 0 aromatic heterocycles. The van der Waals surface area contributed by atoms with Gasteiger partial charge in [-0.2, -0.15) is 0 Å². The molecule has 2 amide bonds. The predicted molar refractivity (Wildman–Crippen MR) is 104 cm³/mol. The topological polar surface area (TPSA) is 43.9 Å². The Labute approximate surface area is 156 Å². The lowest BCUT2D eigenvalue weighted by Gasteiger charge is -2.39. The summed E-state index contributed by atoms with van der Waals surface area (Å²) in [5, 5.41) is 0. The number of aryl methyl sites for hydroxylation is 1. The van der Waals surface area contributed by atoms with Crippen LogP contribution in [0.25, 0.3) is 0 Å². The van der Waals surface area contributed by atoms with Crippen molar-refractivity contribution in [2.24, 2.45) is 5.92 Å². The maximum Gasteiger partial charge on any atom is 0.246 e. The molecule has 2 heterocycles. The first kappa shape index (κ1) is 18.9. The van der Waals surface area contributed by atoms with Crippen molar-refractivity contribution >= 4 is 17.5 Å². The van der Waals surface area contributed by atoms with Gasteiger partial charge < -0.3 is 14.7 Å². The molecule has 1 aromatic rings. The van der Waals surface area contributed by atoms with E-state index in [0.717, 1.165) is 25.2 Å². The third-order valence-electron chi connectivity index (χ3n) is 5.86. The molecule has 1 unspecified atom stereocenters. The van der Waals surface area contributed by atoms with Crippen LogP contribution in [0.4, 0.5) is 5.69 Å². The molecule has 5 heteroatoms. The van der Waals surface area contributed by atoms with Gasteiger partial charge in [0, 0.05) is 24.7 Å². The number of hydrogen-bond acceptors (Lipinski definition) is 3. The molecule has 2 aliphatic heterocycles. The molecule has 5 nitrogen and oxygen atoms in total. The van der Waals surface area contributed by atoms with Gasteiger partial charge in [-0.15, -0.1) is 0 Å². The summed E-state index contributed by atoms with van der Waals surface area (Å²) < 4.78 is 0. The number of piperidine rings is 1. The lowest BCUT2D eigenvalue weighted by molar-refractivity contribution is -0.139. The van der Waals surface area contributed by atoms with Gasteiger partial charge in [-0.05, 0) is 71.3 Å². The Kier molecular flexibility index (Phi) is 5.97. The van der Waals surface area contributed by atoms with E-state index in [1.165, 1.54) is 18.4 Å². The average Bonchev–Trinajstić information content (AvgIpc) is 2.63. The second-order valence-corrected chi connectivity index (χ2v) is 8.00. The fourth-order valence-electron chi connectivity index (χ4n) is 3.98. The zero-order chi connectivity index (χ0) is 18.7. The minimum Gasteiger partial charge on any atom is -0.329 e. The largest absolute Gasteiger partial charge is 0.329 e. The Hall–Kier alpha value is -1.88. The number of carbonyl (C=O) groups excluding carboxylic acids is 2. The van der Waals surface area contributed by atoms with E-state index in [4.69, 9.17) is 0 Å². The van der Waals surface area contributed by atoms with Gasteiger partial charge in [0.15, 0.2) is 0 Å². The standard InChI is InChI=1S/C21H31N3O2/c1-16-4-7-19(8-5-16)24-14-17(2)23(15-21(24)26)20(25)9-6-18-10-12-22(3)13-11-18/h4-5,7-8,17-18H,6,9-15H2,1-3H3. The number of carbonyl (C=O) groups is 2. The van der Waals surface area contributed by atoms with Gasteiger partial charge in [0.25, 0.3) is 0 Å². The highest BCUT2D eigenvalue weighted by Gasteiger charge is 2.33. The molecule has 0 N–H and O–H groups in total. The van der Waals surface area contributed by atoms with Crippen molar-refractivity contribution in [1.82, 2.24) is 9.80 Å². The molecule has 2 fully saturated rings. The molecular weight excluding hydrogens is 326 g/mol. The molecule has 1 aromatic carbocycles. The van der Waals surface area contributed by atoms with Crippen LogP contribution in [0.5, 0.6) is 0 Å². The number of benzene rings is 1. The monoisotopic (exact) mass is 357 g/mol. The van der Waals surface area contributed by atoms with Crippen molar-refractivity contribution in [2.45, 2.75) is 45.6 Å². The van der Waals surface area contributed by atoms with Gasteiger partial charge in [-0.25, -0.2) is 0 Å². The first-order valence-corrected chi connectivity index (χ1v) is 9.79. The third kappa shape index (κ3) is 4.44. The maximum absolute atomic E-state index is 12.7. The Morgan fingerprint density at radius 2 is 1.81 bits per heavy atom. The van der Waals surface area contributed by atoms with Crippen LogP contribution in [0.2, 0.25) is 0 Å². The zero-order valence-electron chi connectivity index (χ0n) is 16.3. The van der Waals surface area contributed by atoms with E-state index >= 15 is 0 Å². The molecule has 0 bridgehead atoms. The minimum absolute atomic E-state index is 0.0135. The lowest BCUT2D eigenvalue weighted by Crippen LogP contribution is -2.57. The van der Waals surface area contributed by atoms with E-state index in [0.29, 0.717) is 18.9 Å². The Balaban J connectivity index is 1.54. The zero-order valence-corrected chi connectivity index (χ0v) is 16.3. The molecule has 1 atom stereocenters. The van der Waals surface area contributed by atoms with Gasteiger partial charge in [-0.1, -0.05) is 17.7 Å². The lowest BCUT2D eigenvalue weighted by atomic mass is 9.92. The summed E-state index contributed by atoms with van der Waals surface area (Å²) in [6.45, 7) is 7.10. The summed E-state index contributed by atoms with van der Waals surface area (Å²) in [6, 6.07) is 8.06. The molecule has 0 aliphatic carbocycles. The fraction of sp³-hybridized carbons (Fsp3) is 0.619. The molecule has 0 saturated carbocycles. The van der Waals surface area contributed by atoms with Crippen LogP contribution < -0.4 is 4.90 Å². The number of rotatable bonds is 4. The van der Waals surface area contributed by atoms with E-state index in [9.17, 15) is 9.59 Å². The predicted octanol–water partition coefficient (Wildman–Crippen LogP) is 2.68. The normalized spacial score (nSPS) is 22.7. The van der Waals surface area contributed by atoms with E-state index in [1.54, 1.807) is 4.90 Å². The van der Waals surface area contributed by atoms with Gasteiger partial charge in [0.1, 0.15) is 6.54 Å². The van der Waals surface area contributed by atoms with Gasteiger partial charge in [0.05, 0.1) is 0 Å². The highest BCUT2D eigenvalue weighted by Crippen LogP contribution is 2.24. The highest BCUT2D eigenvalue weighted by molar-refractivity contribution is 5.98. The Morgan fingerprint density at radius 3 is 2.46 bits per heavy atom. The quantitative estimate of drug-likeness (QED) is 0.832. The van der Waals surface area contributed by atoms with Crippen molar-refractivity contribution in [1.29, 1.82) is 0 Å². The second-order valence-electron chi connectivity index (χ2n) is 8.00. The van der Waals surface area contributed by atoms with E-state index < -0.39 is 0 Å². The van der Waals surface area contributed by atoms with Crippen LogP contribution in [0.3, 0.4) is 0 Å². The summed E-state index contributed by atoms with van der Waals surface area (Å²) in [5.41, 5.74) is 2.10. The maximum atomic E-state index is 12.7. The van der Waals surface area contributed by atoms with Crippen molar-refractivity contribution < 1.29 is 9.59 Å². The molecule has 0 radical (unpaired) electrons. The van der Waals surface area contributed by atoms with Crippen molar-refractivity contribution in [3.63, 3.8) is 0 Å². The van der Waals surface area contributed by atoms with E-state index in [2.05, 4.69) is 11.9 Å².